The number of hydrogen-bond acceptors (Lipinski definition) is 3. The number of amides is 1. The molecule has 19 heavy (non-hydrogen) atoms. The molecule has 1 fully saturated rings. The zero-order valence-electron chi connectivity index (χ0n) is 10.5. The van der Waals surface area contributed by atoms with Crippen LogP contribution in [0.2, 0.25) is 0 Å². The fourth-order valence-corrected chi connectivity index (χ4v) is 2.68. The lowest BCUT2D eigenvalue weighted by Crippen LogP contribution is -2.25. The van der Waals surface area contributed by atoms with Crippen molar-refractivity contribution in [1.82, 2.24) is 0 Å². The van der Waals surface area contributed by atoms with Gasteiger partial charge in [0.25, 0.3) is 0 Å². The SMILES string of the molecule is [N-]=[N+]=NCC1CN(c2ccc3c(c2)CCC3)C(=O)O1. The lowest BCUT2D eigenvalue weighted by atomic mass is 10.1. The number of rotatable bonds is 3. The van der Waals surface area contributed by atoms with Gasteiger partial charge in [-0.05, 0) is 48.1 Å². The van der Waals surface area contributed by atoms with Crippen molar-refractivity contribution in [2.75, 3.05) is 18.0 Å². The van der Waals surface area contributed by atoms with Crippen LogP contribution in [0.5, 0.6) is 0 Å². The average Bonchev–Trinajstić information content (AvgIpc) is 3.01. The Morgan fingerprint density at radius 3 is 3.11 bits per heavy atom. The predicted octanol–water partition coefficient (Wildman–Crippen LogP) is 2.81. The molecule has 6 nitrogen and oxygen atoms in total. The molecule has 1 amide bonds. The molecule has 1 heterocycles. The van der Waals surface area contributed by atoms with Gasteiger partial charge in [-0.1, -0.05) is 11.2 Å². The fourth-order valence-electron chi connectivity index (χ4n) is 2.68. The van der Waals surface area contributed by atoms with E-state index in [9.17, 15) is 4.79 Å². The van der Waals surface area contributed by atoms with Crippen molar-refractivity contribution in [3.63, 3.8) is 0 Å². The van der Waals surface area contributed by atoms with E-state index in [1.165, 1.54) is 17.5 Å². The minimum Gasteiger partial charge on any atom is -0.444 e. The molecule has 0 radical (unpaired) electrons. The van der Waals surface area contributed by atoms with Gasteiger partial charge in [0.05, 0.1) is 13.1 Å². The first-order chi connectivity index (χ1) is 9.28. The highest BCUT2D eigenvalue weighted by Crippen LogP contribution is 2.29. The molecular weight excluding hydrogens is 244 g/mol. The first-order valence-electron chi connectivity index (χ1n) is 6.39. The van der Waals surface area contributed by atoms with Crippen molar-refractivity contribution in [2.24, 2.45) is 5.11 Å². The van der Waals surface area contributed by atoms with Crippen molar-refractivity contribution in [3.8, 4) is 0 Å². The van der Waals surface area contributed by atoms with Crippen molar-refractivity contribution in [3.05, 3.63) is 39.8 Å². The highest BCUT2D eigenvalue weighted by Gasteiger charge is 2.32. The van der Waals surface area contributed by atoms with E-state index in [-0.39, 0.29) is 18.7 Å². The number of hydrogen-bond donors (Lipinski definition) is 0. The molecule has 0 saturated carbocycles. The second kappa shape index (κ2) is 4.82. The number of anilines is 1. The maximum absolute atomic E-state index is 11.8. The summed E-state index contributed by atoms with van der Waals surface area (Å²) >= 11 is 0. The summed E-state index contributed by atoms with van der Waals surface area (Å²) in [4.78, 5) is 16.1. The van der Waals surface area contributed by atoms with Crippen LogP contribution in [0.15, 0.2) is 23.3 Å². The molecule has 1 aromatic carbocycles. The smallest absolute Gasteiger partial charge is 0.414 e. The van der Waals surface area contributed by atoms with E-state index < -0.39 is 0 Å². The van der Waals surface area contributed by atoms with Crippen LogP contribution in [0.25, 0.3) is 10.4 Å². The van der Waals surface area contributed by atoms with Crippen molar-refractivity contribution in [2.45, 2.75) is 25.4 Å². The summed E-state index contributed by atoms with van der Waals surface area (Å²) in [5, 5.41) is 3.45. The molecular formula is C13H14N4O2. The van der Waals surface area contributed by atoms with Gasteiger partial charge in [0.15, 0.2) is 0 Å². The maximum atomic E-state index is 11.8. The molecule has 1 aliphatic carbocycles. The maximum Gasteiger partial charge on any atom is 0.414 e. The van der Waals surface area contributed by atoms with Gasteiger partial charge in [0.2, 0.25) is 0 Å². The fraction of sp³-hybridized carbons (Fsp3) is 0.462. The summed E-state index contributed by atoms with van der Waals surface area (Å²) in [5.74, 6) is 0. The molecule has 98 valence electrons. The van der Waals surface area contributed by atoms with Crippen LogP contribution in [0.4, 0.5) is 10.5 Å². The zero-order chi connectivity index (χ0) is 13.2. The first-order valence-corrected chi connectivity index (χ1v) is 6.39. The molecule has 1 aromatic rings. The van der Waals surface area contributed by atoms with Gasteiger partial charge in [-0.15, -0.1) is 0 Å². The number of cyclic esters (lactones) is 1. The number of nitrogens with zero attached hydrogens (tertiary/aromatic N) is 4. The lowest BCUT2D eigenvalue weighted by Gasteiger charge is -2.14. The minimum absolute atomic E-state index is 0.184. The number of ether oxygens (including phenoxy) is 1. The van der Waals surface area contributed by atoms with E-state index in [0.717, 1.165) is 18.5 Å². The molecule has 0 N–H and O–H groups in total. The van der Waals surface area contributed by atoms with Crippen LogP contribution in [0.3, 0.4) is 0 Å². The van der Waals surface area contributed by atoms with Gasteiger partial charge in [-0.3, -0.25) is 4.90 Å². The third-order valence-electron chi connectivity index (χ3n) is 3.62. The highest BCUT2D eigenvalue weighted by atomic mass is 16.6. The Morgan fingerprint density at radius 1 is 1.42 bits per heavy atom. The Hall–Kier alpha value is -2.20. The Balaban J connectivity index is 1.79. The lowest BCUT2D eigenvalue weighted by molar-refractivity contribution is 0.145. The van der Waals surface area contributed by atoms with Gasteiger partial charge in [0, 0.05) is 10.6 Å². The van der Waals surface area contributed by atoms with Gasteiger partial charge < -0.3 is 4.74 Å². The summed E-state index contributed by atoms with van der Waals surface area (Å²) in [6.07, 6.45) is 2.67. The summed E-state index contributed by atoms with van der Waals surface area (Å²) < 4.78 is 5.17. The Morgan fingerprint density at radius 2 is 2.26 bits per heavy atom. The Labute approximate surface area is 110 Å². The van der Waals surface area contributed by atoms with Gasteiger partial charge in [-0.25, -0.2) is 4.79 Å². The van der Waals surface area contributed by atoms with E-state index in [1.807, 2.05) is 6.07 Å². The molecule has 1 aliphatic heterocycles. The Bertz CT molecular complexity index is 566. The van der Waals surface area contributed by atoms with Crippen molar-refractivity contribution < 1.29 is 9.53 Å². The van der Waals surface area contributed by atoms with Crippen LogP contribution in [-0.4, -0.2) is 25.3 Å². The normalized spacial score (nSPS) is 20.9. The summed E-state index contributed by atoms with van der Waals surface area (Å²) in [5.41, 5.74) is 11.9. The molecule has 0 spiro atoms. The summed E-state index contributed by atoms with van der Waals surface area (Å²) in [6, 6.07) is 6.12. The number of fused-ring (bicyclic) bond motifs is 1. The quantitative estimate of drug-likeness (QED) is 0.474. The van der Waals surface area contributed by atoms with Crippen molar-refractivity contribution >= 4 is 11.8 Å². The third kappa shape index (κ3) is 2.22. The monoisotopic (exact) mass is 258 g/mol. The number of azide groups is 1. The minimum atomic E-state index is -0.365. The van der Waals surface area contributed by atoms with Crippen LogP contribution < -0.4 is 4.90 Å². The number of carbonyl (C=O) groups excluding carboxylic acids is 1. The predicted molar refractivity (Wildman–Crippen MR) is 70.1 cm³/mol. The first kappa shape index (κ1) is 11.9. The van der Waals surface area contributed by atoms with Gasteiger partial charge in [0.1, 0.15) is 6.10 Å². The molecule has 6 heteroatoms. The van der Waals surface area contributed by atoms with Crippen LogP contribution in [0.1, 0.15) is 17.5 Å². The Kier molecular flexibility index (Phi) is 3.01. The molecule has 0 aromatic heterocycles. The van der Waals surface area contributed by atoms with E-state index in [4.69, 9.17) is 10.3 Å². The summed E-state index contributed by atoms with van der Waals surface area (Å²) in [6.45, 7) is 0.625. The van der Waals surface area contributed by atoms with E-state index >= 15 is 0 Å². The zero-order valence-corrected chi connectivity index (χ0v) is 10.5. The van der Waals surface area contributed by atoms with Crippen LogP contribution >= 0.6 is 0 Å². The third-order valence-corrected chi connectivity index (χ3v) is 3.62. The van der Waals surface area contributed by atoms with E-state index in [1.54, 1.807) is 4.90 Å². The molecule has 1 unspecified atom stereocenters. The summed E-state index contributed by atoms with van der Waals surface area (Å²) in [7, 11) is 0. The average molecular weight is 258 g/mol. The molecule has 2 aliphatic rings. The second-order valence-corrected chi connectivity index (χ2v) is 4.84. The second-order valence-electron chi connectivity index (χ2n) is 4.84. The van der Waals surface area contributed by atoms with Crippen molar-refractivity contribution in [1.29, 1.82) is 0 Å². The van der Waals surface area contributed by atoms with Crippen LogP contribution in [-0.2, 0) is 17.6 Å². The standard InChI is InChI=1S/C13H14N4O2/c14-16-15-7-12-8-17(13(18)19-12)11-5-4-9-2-1-3-10(9)6-11/h4-6,12H,1-3,7-8H2. The largest absolute Gasteiger partial charge is 0.444 e. The number of carbonyl (C=O) groups is 1. The van der Waals surface area contributed by atoms with E-state index in [2.05, 4.69) is 22.2 Å². The molecule has 3 rings (SSSR count). The van der Waals surface area contributed by atoms with Gasteiger partial charge >= 0.3 is 6.09 Å². The molecule has 1 atom stereocenters. The van der Waals surface area contributed by atoms with Gasteiger partial charge in [-0.2, -0.15) is 0 Å². The topological polar surface area (TPSA) is 78.3 Å². The molecule has 0 bridgehead atoms. The highest BCUT2D eigenvalue weighted by molar-refractivity contribution is 5.90. The number of aryl methyl sites for hydroxylation is 2. The number of benzene rings is 1. The van der Waals surface area contributed by atoms with E-state index in [0.29, 0.717) is 6.54 Å². The van der Waals surface area contributed by atoms with Crippen LogP contribution in [0, 0.1) is 0 Å². The molecule has 1 saturated heterocycles.